The molecule has 264 valence electrons. The van der Waals surface area contributed by atoms with Crippen molar-refractivity contribution in [3.63, 3.8) is 0 Å². The molecule has 6 heterocycles. The molecule has 6 aromatic rings. The molecule has 16 heteroatoms. The predicted octanol–water partition coefficient (Wildman–Crippen LogP) is 6.68. The molecule has 0 bridgehead atoms. The Kier molecular flexibility index (Phi) is 10.6. The maximum atomic E-state index is 12.6. The average molecular weight is 757 g/mol. The number of benzene rings is 2. The number of anilines is 1. The van der Waals surface area contributed by atoms with Crippen molar-refractivity contribution in [1.82, 2.24) is 40.2 Å². The maximum Gasteiger partial charge on any atom is 0.322 e. The Morgan fingerprint density at radius 2 is 1.62 bits per heavy atom. The SMILES string of the molecule is O=C(COc1cc(Cl)ncn1)N1CCc2[nH]nc(-c3ccccc3)c2C1.O=Cc1sccc1-c1n[nH]c2c1CN(C(=O)Nc1cccc(Cl)c1)CC2. The van der Waals surface area contributed by atoms with Crippen LogP contribution in [0.4, 0.5) is 10.5 Å². The molecule has 0 unspecified atom stereocenters. The van der Waals surface area contributed by atoms with Crippen molar-refractivity contribution in [1.29, 1.82) is 0 Å². The van der Waals surface area contributed by atoms with Gasteiger partial charge < -0.3 is 19.9 Å². The van der Waals surface area contributed by atoms with E-state index in [2.05, 4.69) is 35.7 Å². The van der Waals surface area contributed by atoms with Crippen LogP contribution < -0.4 is 10.1 Å². The van der Waals surface area contributed by atoms with E-state index in [-0.39, 0.29) is 29.6 Å². The van der Waals surface area contributed by atoms with Crippen LogP contribution >= 0.6 is 34.5 Å². The molecule has 3 amide bonds. The Hall–Kier alpha value is -5.57. The summed E-state index contributed by atoms with van der Waals surface area (Å²) in [7, 11) is 0. The lowest BCUT2D eigenvalue weighted by Crippen LogP contribution is -2.38. The summed E-state index contributed by atoms with van der Waals surface area (Å²) < 4.78 is 5.44. The minimum atomic E-state index is -0.189. The van der Waals surface area contributed by atoms with Crippen molar-refractivity contribution in [2.24, 2.45) is 0 Å². The second-order valence-electron chi connectivity index (χ2n) is 11.9. The van der Waals surface area contributed by atoms with Gasteiger partial charge in [0.25, 0.3) is 5.91 Å². The molecule has 8 rings (SSSR count). The van der Waals surface area contributed by atoms with Gasteiger partial charge >= 0.3 is 6.03 Å². The van der Waals surface area contributed by atoms with Crippen molar-refractivity contribution < 1.29 is 19.1 Å². The molecule has 0 aliphatic carbocycles. The first-order chi connectivity index (χ1) is 25.4. The second-order valence-corrected chi connectivity index (χ2v) is 13.7. The van der Waals surface area contributed by atoms with E-state index < -0.39 is 0 Å². The number of aromatic nitrogens is 6. The van der Waals surface area contributed by atoms with Crippen molar-refractivity contribution >= 4 is 58.5 Å². The molecule has 2 aromatic carbocycles. The van der Waals surface area contributed by atoms with E-state index in [1.807, 2.05) is 41.8 Å². The topological polar surface area (TPSA) is 162 Å². The number of urea groups is 1. The Labute approximate surface area is 312 Å². The van der Waals surface area contributed by atoms with Gasteiger partial charge in [-0.25, -0.2) is 14.8 Å². The van der Waals surface area contributed by atoms with Crippen LogP contribution in [0.2, 0.25) is 10.2 Å². The highest BCUT2D eigenvalue weighted by Crippen LogP contribution is 2.33. The van der Waals surface area contributed by atoms with Crippen LogP contribution in [0.15, 0.2) is 78.4 Å². The van der Waals surface area contributed by atoms with Crippen LogP contribution in [0.1, 0.15) is 32.2 Å². The number of carbonyl (C=O) groups excluding carboxylic acids is 3. The van der Waals surface area contributed by atoms with Gasteiger partial charge in [-0.05, 0) is 29.6 Å². The minimum absolute atomic E-state index is 0.0960. The van der Waals surface area contributed by atoms with Crippen molar-refractivity contribution in [3.8, 4) is 28.4 Å². The molecule has 2 aliphatic heterocycles. The molecule has 13 nitrogen and oxygen atoms in total. The zero-order valence-electron chi connectivity index (χ0n) is 27.5. The van der Waals surface area contributed by atoms with Crippen LogP contribution in [0, 0.1) is 0 Å². The van der Waals surface area contributed by atoms with Crippen LogP contribution in [0.3, 0.4) is 0 Å². The van der Waals surface area contributed by atoms with Crippen molar-refractivity contribution in [2.45, 2.75) is 25.9 Å². The van der Waals surface area contributed by atoms with Gasteiger partial charge in [-0.3, -0.25) is 19.8 Å². The molecule has 0 saturated heterocycles. The van der Waals surface area contributed by atoms with E-state index in [9.17, 15) is 14.4 Å². The number of ether oxygens (including phenoxy) is 1. The molecular weight excluding hydrogens is 725 g/mol. The first-order valence-electron chi connectivity index (χ1n) is 16.3. The Morgan fingerprint density at radius 3 is 2.37 bits per heavy atom. The van der Waals surface area contributed by atoms with Gasteiger partial charge in [-0.15, -0.1) is 11.3 Å². The first-order valence-corrected chi connectivity index (χ1v) is 17.9. The Bertz CT molecular complexity index is 2220. The molecular formula is C36H31Cl2N9O4S. The van der Waals surface area contributed by atoms with Gasteiger partial charge in [0, 0.05) is 82.9 Å². The minimum Gasteiger partial charge on any atom is -0.467 e. The molecule has 0 atom stereocenters. The summed E-state index contributed by atoms with van der Waals surface area (Å²) in [4.78, 5) is 48.2. The van der Waals surface area contributed by atoms with E-state index in [0.29, 0.717) is 48.2 Å². The van der Waals surface area contributed by atoms with Crippen molar-refractivity contribution in [3.05, 3.63) is 116 Å². The van der Waals surface area contributed by atoms with Gasteiger partial charge in [0.2, 0.25) is 5.88 Å². The fourth-order valence-corrected chi connectivity index (χ4v) is 7.06. The molecule has 2 aliphatic rings. The third-order valence-electron chi connectivity index (χ3n) is 8.64. The normalized spacial score (nSPS) is 13.3. The standard InChI is InChI=1S/C18H16ClN5O2.C18H15ClN4O2S/c19-15-8-16(21-11-20-15)26-10-17(25)24-7-6-14-13(9-24)18(23-22-14)12-4-2-1-3-5-12;19-11-2-1-3-12(8-11)20-18(25)23-6-4-15-14(9-23)17(22-21-15)13-5-7-26-16(13)10-24/h1-5,8,11H,6-7,9-10H2,(H,22,23);1-3,5,7-8,10H,4,6,9H2,(H,20,25)(H,21,22). The number of carbonyl (C=O) groups is 3. The number of H-pyrrole nitrogens is 2. The summed E-state index contributed by atoms with van der Waals surface area (Å²) in [6.07, 6.45) is 3.56. The number of hydrogen-bond donors (Lipinski definition) is 3. The van der Waals surface area contributed by atoms with Crippen molar-refractivity contribution in [2.75, 3.05) is 25.0 Å². The summed E-state index contributed by atoms with van der Waals surface area (Å²) in [5.41, 5.74) is 8.23. The number of fused-ring (bicyclic) bond motifs is 2. The van der Waals surface area contributed by atoms with Gasteiger partial charge in [-0.2, -0.15) is 10.2 Å². The van der Waals surface area contributed by atoms with E-state index in [1.165, 1.54) is 23.7 Å². The zero-order valence-corrected chi connectivity index (χ0v) is 29.8. The summed E-state index contributed by atoms with van der Waals surface area (Å²) in [6, 6.07) is 20.2. The highest BCUT2D eigenvalue weighted by molar-refractivity contribution is 7.12. The molecule has 52 heavy (non-hydrogen) atoms. The van der Waals surface area contributed by atoms with E-state index in [1.54, 1.807) is 34.1 Å². The number of hydrogen-bond acceptors (Lipinski definition) is 9. The van der Waals surface area contributed by atoms with Crippen LogP contribution in [0.25, 0.3) is 22.5 Å². The third kappa shape index (κ3) is 7.83. The number of nitrogens with one attached hydrogen (secondary N) is 3. The maximum absolute atomic E-state index is 12.6. The predicted molar refractivity (Wildman–Crippen MR) is 198 cm³/mol. The quantitative estimate of drug-likeness (QED) is 0.120. The van der Waals surface area contributed by atoms with Gasteiger partial charge in [0.1, 0.15) is 11.5 Å². The number of rotatable bonds is 7. The summed E-state index contributed by atoms with van der Waals surface area (Å²) >= 11 is 13.1. The summed E-state index contributed by atoms with van der Waals surface area (Å²) in [6.45, 7) is 2.05. The van der Waals surface area contributed by atoms with E-state index in [0.717, 1.165) is 57.7 Å². The lowest BCUT2D eigenvalue weighted by Gasteiger charge is -2.27. The second kappa shape index (κ2) is 15.8. The smallest absolute Gasteiger partial charge is 0.322 e. The highest BCUT2D eigenvalue weighted by atomic mass is 35.5. The number of halogens is 2. The summed E-state index contributed by atoms with van der Waals surface area (Å²) in [5, 5.41) is 20.5. The number of aldehydes is 1. The Morgan fingerprint density at radius 1 is 0.885 bits per heavy atom. The monoisotopic (exact) mass is 755 g/mol. The number of amides is 3. The number of aromatic amines is 2. The van der Waals surface area contributed by atoms with Gasteiger partial charge in [-0.1, -0.05) is 59.6 Å². The van der Waals surface area contributed by atoms with E-state index in [4.69, 9.17) is 27.9 Å². The van der Waals surface area contributed by atoms with E-state index >= 15 is 0 Å². The molecule has 0 fully saturated rings. The molecule has 0 saturated carbocycles. The molecule has 0 spiro atoms. The average Bonchev–Trinajstić information content (AvgIpc) is 3.92. The summed E-state index contributed by atoms with van der Waals surface area (Å²) in [5.74, 6) is 0.176. The fraction of sp³-hybridized carbons (Fsp3) is 0.194. The zero-order chi connectivity index (χ0) is 36.0. The lowest BCUT2D eigenvalue weighted by molar-refractivity contribution is -0.134. The third-order valence-corrected chi connectivity index (χ3v) is 9.92. The van der Waals surface area contributed by atoms with Crippen LogP contribution in [-0.2, 0) is 30.7 Å². The first kappa shape index (κ1) is 34.9. The highest BCUT2D eigenvalue weighted by Gasteiger charge is 2.28. The van der Waals surface area contributed by atoms with Crippen LogP contribution in [-0.4, -0.2) is 78.1 Å². The van der Waals surface area contributed by atoms with Gasteiger partial charge in [0.05, 0.1) is 22.8 Å². The van der Waals surface area contributed by atoms with Gasteiger partial charge in [0.15, 0.2) is 12.9 Å². The molecule has 4 aromatic heterocycles. The lowest BCUT2D eigenvalue weighted by atomic mass is 10.0. The number of nitrogens with zero attached hydrogens (tertiary/aromatic N) is 6. The molecule has 0 radical (unpaired) electrons. The number of thiophene rings is 1. The molecule has 3 N–H and O–H groups in total. The Balaban J connectivity index is 0.000000162. The fourth-order valence-electron chi connectivity index (χ4n) is 6.03. The van der Waals surface area contributed by atoms with Crippen LogP contribution in [0.5, 0.6) is 5.88 Å². The largest absolute Gasteiger partial charge is 0.467 e.